The van der Waals surface area contributed by atoms with Gasteiger partial charge < -0.3 is 14.8 Å². The number of halogens is 3. The summed E-state index contributed by atoms with van der Waals surface area (Å²) in [6.07, 6.45) is -3.83. The highest BCUT2D eigenvalue weighted by Gasteiger charge is 2.34. The summed E-state index contributed by atoms with van der Waals surface area (Å²) in [5.41, 5.74) is -2.89. The van der Waals surface area contributed by atoms with Crippen LogP contribution in [-0.4, -0.2) is 17.6 Å². The van der Waals surface area contributed by atoms with Crippen molar-refractivity contribution in [3.8, 4) is 17.6 Å². The van der Waals surface area contributed by atoms with Crippen molar-refractivity contribution in [1.29, 1.82) is 5.26 Å². The van der Waals surface area contributed by atoms with Crippen molar-refractivity contribution < 1.29 is 32.4 Å². The first-order valence-corrected chi connectivity index (χ1v) is 7.88. The number of nitro groups is 1. The standard InChI is InChI=1S/C18H10F3N3O5/c19-18(20,21)12-3-1-2-4-13(12)23-17(25)11(8-22)5-10-6-15-16(29-9-28-15)7-14(10)24(26)27/h1-7H,9H2,(H,23,25)/b11-5+. The summed E-state index contributed by atoms with van der Waals surface area (Å²) in [7, 11) is 0. The molecule has 0 spiro atoms. The fourth-order valence-corrected chi connectivity index (χ4v) is 2.55. The predicted octanol–water partition coefficient (Wildman–Crippen LogP) is 3.89. The van der Waals surface area contributed by atoms with Crippen LogP contribution in [0.15, 0.2) is 42.0 Å². The van der Waals surface area contributed by atoms with Gasteiger partial charge in [-0.15, -0.1) is 0 Å². The van der Waals surface area contributed by atoms with Crippen molar-refractivity contribution in [2.75, 3.05) is 12.1 Å². The van der Waals surface area contributed by atoms with E-state index >= 15 is 0 Å². The number of anilines is 1. The summed E-state index contributed by atoms with van der Waals surface area (Å²) in [6, 6.07) is 8.04. The Labute approximate surface area is 160 Å². The van der Waals surface area contributed by atoms with Crippen molar-refractivity contribution in [3.63, 3.8) is 0 Å². The van der Waals surface area contributed by atoms with E-state index in [0.29, 0.717) is 0 Å². The number of benzene rings is 2. The Bertz CT molecular complexity index is 1070. The number of ether oxygens (including phenoxy) is 2. The molecule has 0 fully saturated rings. The summed E-state index contributed by atoms with van der Waals surface area (Å²) in [5, 5.41) is 22.6. The maximum atomic E-state index is 13.1. The van der Waals surface area contributed by atoms with Crippen LogP contribution in [0.5, 0.6) is 11.5 Å². The molecule has 2 aromatic carbocycles. The van der Waals surface area contributed by atoms with Crippen LogP contribution in [0.4, 0.5) is 24.5 Å². The van der Waals surface area contributed by atoms with Gasteiger partial charge in [0, 0.05) is 0 Å². The van der Waals surface area contributed by atoms with Crippen molar-refractivity contribution in [1.82, 2.24) is 0 Å². The average molecular weight is 405 g/mol. The number of alkyl halides is 3. The lowest BCUT2D eigenvalue weighted by molar-refractivity contribution is -0.385. The number of carbonyl (C=O) groups is 1. The number of fused-ring (bicyclic) bond motifs is 1. The third-order valence-corrected chi connectivity index (χ3v) is 3.86. The third kappa shape index (κ3) is 4.11. The molecule has 0 aliphatic carbocycles. The number of amides is 1. The molecule has 148 valence electrons. The van der Waals surface area contributed by atoms with Gasteiger partial charge >= 0.3 is 6.18 Å². The molecule has 1 amide bonds. The Kier molecular flexibility index (Phi) is 5.10. The molecular weight excluding hydrogens is 395 g/mol. The molecule has 1 aliphatic rings. The number of carbonyl (C=O) groups excluding carboxylic acids is 1. The minimum Gasteiger partial charge on any atom is -0.454 e. The Morgan fingerprint density at radius 1 is 1.24 bits per heavy atom. The third-order valence-electron chi connectivity index (χ3n) is 3.86. The number of nitrogens with zero attached hydrogens (tertiary/aromatic N) is 2. The molecule has 0 bridgehead atoms. The molecule has 2 aromatic rings. The zero-order chi connectivity index (χ0) is 21.2. The number of nitro benzene ring substituents is 1. The Balaban J connectivity index is 1.97. The van der Waals surface area contributed by atoms with Gasteiger partial charge in [0.05, 0.1) is 27.8 Å². The van der Waals surface area contributed by atoms with Gasteiger partial charge in [-0.3, -0.25) is 14.9 Å². The van der Waals surface area contributed by atoms with E-state index in [9.17, 15) is 33.3 Å². The Morgan fingerprint density at radius 2 is 1.90 bits per heavy atom. The lowest BCUT2D eigenvalue weighted by atomic mass is 10.1. The first-order valence-electron chi connectivity index (χ1n) is 7.88. The predicted molar refractivity (Wildman–Crippen MR) is 92.9 cm³/mol. The van der Waals surface area contributed by atoms with E-state index in [1.165, 1.54) is 18.2 Å². The number of para-hydroxylation sites is 1. The van der Waals surface area contributed by atoms with E-state index < -0.39 is 39.5 Å². The van der Waals surface area contributed by atoms with E-state index in [0.717, 1.165) is 30.3 Å². The van der Waals surface area contributed by atoms with Crippen LogP contribution in [0.1, 0.15) is 11.1 Å². The monoisotopic (exact) mass is 405 g/mol. The lowest BCUT2D eigenvalue weighted by Crippen LogP contribution is -2.17. The topological polar surface area (TPSA) is 114 Å². The van der Waals surface area contributed by atoms with Crippen LogP contribution < -0.4 is 14.8 Å². The molecule has 0 atom stereocenters. The molecule has 0 saturated heterocycles. The van der Waals surface area contributed by atoms with Gasteiger partial charge in [0.2, 0.25) is 6.79 Å². The largest absolute Gasteiger partial charge is 0.454 e. The molecule has 29 heavy (non-hydrogen) atoms. The average Bonchev–Trinajstić information content (AvgIpc) is 3.12. The first kappa shape index (κ1) is 19.7. The number of hydrogen-bond donors (Lipinski definition) is 1. The van der Waals surface area contributed by atoms with Crippen molar-refractivity contribution in [2.45, 2.75) is 6.18 Å². The van der Waals surface area contributed by atoms with Gasteiger partial charge in [-0.2, -0.15) is 18.4 Å². The summed E-state index contributed by atoms with van der Waals surface area (Å²) in [6.45, 7) is -0.153. The summed E-state index contributed by atoms with van der Waals surface area (Å²) >= 11 is 0. The van der Waals surface area contributed by atoms with Gasteiger partial charge in [0.1, 0.15) is 11.6 Å². The molecule has 1 aliphatic heterocycles. The number of nitriles is 1. The second-order valence-electron chi connectivity index (χ2n) is 5.69. The minimum absolute atomic E-state index is 0.121. The Morgan fingerprint density at radius 3 is 2.52 bits per heavy atom. The second-order valence-corrected chi connectivity index (χ2v) is 5.69. The van der Waals surface area contributed by atoms with Crippen LogP contribution in [0, 0.1) is 21.4 Å². The fraction of sp³-hybridized carbons (Fsp3) is 0.111. The molecule has 1 N–H and O–H groups in total. The smallest absolute Gasteiger partial charge is 0.418 e. The first-order chi connectivity index (χ1) is 13.7. The van der Waals surface area contributed by atoms with Gasteiger partial charge in [-0.1, -0.05) is 12.1 Å². The molecule has 0 unspecified atom stereocenters. The highest BCUT2D eigenvalue weighted by atomic mass is 19.4. The van der Waals surface area contributed by atoms with E-state index in [-0.39, 0.29) is 23.9 Å². The van der Waals surface area contributed by atoms with Crippen LogP contribution in [0.25, 0.3) is 6.08 Å². The van der Waals surface area contributed by atoms with Crippen LogP contribution in [0.3, 0.4) is 0 Å². The maximum absolute atomic E-state index is 13.1. The molecule has 0 aromatic heterocycles. The molecule has 0 saturated carbocycles. The van der Waals surface area contributed by atoms with Crippen molar-refractivity contribution in [3.05, 3.63) is 63.2 Å². The van der Waals surface area contributed by atoms with Crippen LogP contribution >= 0.6 is 0 Å². The molecule has 1 heterocycles. The number of hydrogen-bond acceptors (Lipinski definition) is 6. The van der Waals surface area contributed by atoms with E-state index in [4.69, 9.17) is 9.47 Å². The summed E-state index contributed by atoms with van der Waals surface area (Å²) in [5.74, 6) is -0.867. The highest BCUT2D eigenvalue weighted by Crippen LogP contribution is 2.39. The number of rotatable bonds is 4. The van der Waals surface area contributed by atoms with E-state index in [2.05, 4.69) is 0 Å². The minimum atomic E-state index is -4.73. The van der Waals surface area contributed by atoms with Crippen molar-refractivity contribution in [2.24, 2.45) is 0 Å². The quantitative estimate of drug-likeness (QED) is 0.357. The second kappa shape index (κ2) is 7.51. The fourth-order valence-electron chi connectivity index (χ4n) is 2.55. The van der Waals surface area contributed by atoms with Gasteiger partial charge in [0.25, 0.3) is 11.6 Å². The van der Waals surface area contributed by atoms with Crippen LogP contribution in [-0.2, 0) is 11.0 Å². The van der Waals surface area contributed by atoms with Crippen molar-refractivity contribution >= 4 is 23.4 Å². The number of nitrogens with one attached hydrogen (secondary N) is 1. The van der Waals surface area contributed by atoms with Crippen LogP contribution in [0.2, 0.25) is 0 Å². The molecule has 3 rings (SSSR count). The molecular formula is C18H10F3N3O5. The Hall–Kier alpha value is -4.07. The van der Waals surface area contributed by atoms with Gasteiger partial charge in [-0.05, 0) is 24.3 Å². The van der Waals surface area contributed by atoms with Gasteiger partial charge in [-0.25, -0.2) is 0 Å². The van der Waals surface area contributed by atoms with Gasteiger partial charge in [0.15, 0.2) is 11.5 Å². The molecule has 8 nitrogen and oxygen atoms in total. The molecule has 0 radical (unpaired) electrons. The lowest BCUT2D eigenvalue weighted by Gasteiger charge is -2.13. The molecule has 11 heteroatoms. The maximum Gasteiger partial charge on any atom is 0.418 e. The zero-order valence-electron chi connectivity index (χ0n) is 14.3. The SMILES string of the molecule is N#C/C(=C\c1cc2c(cc1[N+](=O)[O-])OCO2)C(=O)Nc1ccccc1C(F)(F)F. The summed E-state index contributed by atoms with van der Waals surface area (Å²) in [4.78, 5) is 22.9. The normalized spacial score (nSPS) is 13.0. The zero-order valence-corrected chi connectivity index (χ0v) is 14.3. The highest BCUT2D eigenvalue weighted by molar-refractivity contribution is 6.10. The summed E-state index contributed by atoms with van der Waals surface area (Å²) < 4.78 is 49.4. The van der Waals surface area contributed by atoms with E-state index in [1.54, 1.807) is 0 Å². The van der Waals surface area contributed by atoms with E-state index in [1.807, 2.05) is 5.32 Å².